The molecule has 3 rings (SSSR count). The molecule has 0 radical (unpaired) electrons. The number of carbonyl (C=O) groups excluding carboxylic acids is 1. The van der Waals surface area contributed by atoms with Crippen LogP contribution in [0.4, 0.5) is 4.79 Å². The molecule has 1 aromatic heterocycles. The first-order chi connectivity index (χ1) is 12.6. The minimum Gasteiger partial charge on any atom is -0.453 e. The minimum atomic E-state index is -0.227. The lowest BCUT2D eigenvalue weighted by atomic mass is 10.0. The summed E-state index contributed by atoms with van der Waals surface area (Å²) in [4.78, 5) is 13.4. The first kappa shape index (κ1) is 18.5. The Morgan fingerprint density at radius 3 is 2.58 bits per heavy atom. The van der Waals surface area contributed by atoms with E-state index in [4.69, 9.17) is 9.84 Å². The van der Waals surface area contributed by atoms with Crippen LogP contribution in [0, 0.1) is 0 Å². The monoisotopic (exact) mass is 356 g/mol. The largest absolute Gasteiger partial charge is 0.453 e. The van der Waals surface area contributed by atoms with Gasteiger partial charge in [-0.15, -0.1) is 0 Å². The quantitative estimate of drug-likeness (QED) is 0.893. The second-order valence-electron chi connectivity index (χ2n) is 7.09. The highest BCUT2D eigenvalue weighted by Crippen LogP contribution is 2.21. The molecule has 26 heavy (non-hydrogen) atoms. The zero-order valence-corrected chi connectivity index (χ0v) is 15.8. The molecule has 0 atom stereocenters. The first-order valence-corrected chi connectivity index (χ1v) is 9.28. The maximum absolute atomic E-state index is 11.6. The third kappa shape index (κ3) is 4.25. The summed E-state index contributed by atoms with van der Waals surface area (Å²) in [6.45, 7) is 6.63. The maximum atomic E-state index is 11.6. The highest BCUT2D eigenvalue weighted by atomic mass is 16.5. The molecule has 140 valence electrons. The van der Waals surface area contributed by atoms with E-state index in [1.54, 1.807) is 4.90 Å². The zero-order valence-electron chi connectivity index (χ0n) is 15.8. The smallest absolute Gasteiger partial charge is 0.409 e. The van der Waals surface area contributed by atoms with Crippen molar-refractivity contribution in [2.75, 3.05) is 20.2 Å². The Morgan fingerprint density at radius 1 is 1.27 bits per heavy atom. The average Bonchev–Trinajstić information content (AvgIpc) is 3.11. The van der Waals surface area contributed by atoms with Crippen molar-refractivity contribution in [3.05, 3.63) is 47.8 Å². The Balaban J connectivity index is 1.63. The molecule has 0 unspecified atom stereocenters. The van der Waals surface area contributed by atoms with Crippen molar-refractivity contribution in [2.24, 2.45) is 0 Å². The molecule has 6 heteroatoms. The second kappa shape index (κ2) is 8.36. The molecule has 0 spiro atoms. The van der Waals surface area contributed by atoms with Gasteiger partial charge < -0.3 is 15.0 Å². The predicted molar refractivity (Wildman–Crippen MR) is 101 cm³/mol. The summed E-state index contributed by atoms with van der Waals surface area (Å²) in [5.74, 6) is 0.373. The average molecular weight is 356 g/mol. The van der Waals surface area contributed by atoms with Crippen LogP contribution in [-0.4, -0.2) is 47.0 Å². The van der Waals surface area contributed by atoms with Crippen LogP contribution >= 0.6 is 0 Å². The number of nitrogens with one attached hydrogen (secondary N) is 1. The second-order valence-corrected chi connectivity index (χ2v) is 7.09. The van der Waals surface area contributed by atoms with Crippen LogP contribution in [0.15, 0.2) is 36.5 Å². The number of carbonyl (C=O) groups is 1. The van der Waals surface area contributed by atoms with Crippen molar-refractivity contribution in [3.63, 3.8) is 0 Å². The van der Waals surface area contributed by atoms with Gasteiger partial charge in [0.2, 0.25) is 0 Å². The van der Waals surface area contributed by atoms with Crippen molar-refractivity contribution in [1.29, 1.82) is 0 Å². The highest BCUT2D eigenvalue weighted by Gasteiger charge is 2.23. The molecular formula is C20H28N4O2. The van der Waals surface area contributed by atoms with Crippen molar-refractivity contribution in [3.8, 4) is 5.69 Å². The Kier molecular flexibility index (Phi) is 5.93. The maximum Gasteiger partial charge on any atom is 0.409 e. The van der Waals surface area contributed by atoms with E-state index in [9.17, 15) is 4.79 Å². The van der Waals surface area contributed by atoms with Crippen molar-refractivity contribution < 1.29 is 9.53 Å². The summed E-state index contributed by atoms with van der Waals surface area (Å²) in [5.41, 5.74) is 3.44. The van der Waals surface area contributed by atoms with Gasteiger partial charge in [0.15, 0.2) is 0 Å². The van der Waals surface area contributed by atoms with E-state index < -0.39 is 0 Å². The molecule has 1 fully saturated rings. The lowest BCUT2D eigenvalue weighted by Crippen LogP contribution is -2.44. The number of rotatable bonds is 5. The number of amides is 1. The zero-order chi connectivity index (χ0) is 18.5. The number of aromatic nitrogens is 2. The molecular weight excluding hydrogens is 328 g/mol. The van der Waals surface area contributed by atoms with E-state index in [-0.39, 0.29) is 6.09 Å². The summed E-state index contributed by atoms with van der Waals surface area (Å²) in [6, 6.07) is 10.6. The number of benzene rings is 1. The number of likely N-dealkylation sites (tertiary alicyclic amines) is 1. The van der Waals surface area contributed by atoms with E-state index in [0.717, 1.165) is 43.9 Å². The highest BCUT2D eigenvalue weighted by molar-refractivity contribution is 5.67. The number of hydrogen-bond acceptors (Lipinski definition) is 4. The third-order valence-corrected chi connectivity index (χ3v) is 4.90. The summed E-state index contributed by atoms with van der Waals surface area (Å²) in [7, 11) is 1.44. The van der Waals surface area contributed by atoms with Gasteiger partial charge in [-0.05, 0) is 30.9 Å². The van der Waals surface area contributed by atoms with Gasteiger partial charge in [-0.2, -0.15) is 5.10 Å². The summed E-state index contributed by atoms with van der Waals surface area (Å²) in [5, 5.41) is 8.44. The molecule has 6 nitrogen and oxygen atoms in total. The molecule has 1 amide bonds. The van der Waals surface area contributed by atoms with E-state index in [1.165, 1.54) is 12.7 Å². The van der Waals surface area contributed by atoms with E-state index >= 15 is 0 Å². The molecule has 1 aliphatic rings. The SMILES string of the molecule is COC(=O)N1CCC(NCc2cn(-c3ccccc3)nc2C(C)C)CC1. The Bertz CT molecular complexity index is 719. The number of ether oxygens (including phenoxy) is 1. The molecule has 0 aliphatic carbocycles. The lowest BCUT2D eigenvalue weighted by Gasteiger charge is -2.31. The third-order valence-electron chi connectivity index (χ3n) is 4.90. The number of para-hydroxylation sites is 1. The van der Waals surface area contributed by atoms with Gasteiger partial charge in [0, 0.05) is 37.4 Å². The van der Waals surface area contributed by atoms with Gasteiger partial charge >= 0.3 is 6.09 Å². The topological polar surface area (TPSA) is 59.4 Å². The Morgan fingerprint density at radius 2 is 1.96 bits per heavy atom. The van der Waals surface area contributed by atoms with Gasteiger partial charge in [0.05, 0.1) is 18.5 Å². The number of piperidine rings is 1. The normalized spacial score (nSPS) is 15.5. The van der Waals surface area contributed by atoms with Crippen LogP contribution in [0.5, 0.6) is 0 Å². The molecule has 0 bridgehead atoms. The van der Waals surface area contributed by atoms with Crippen molar-refractivity contribution >= 4 is 6.09 Å². The summed E-state index contributed by atoms with van der Waals surface area (Å²) < 4.78 is 6.76. The van der Waals surface area contributed by atoms with Gasteiger partial charge in [-0.1, -0.05) is 32.0 Å². The molecule has 1 aliphatic heterocycles. The van der Waals surface area contributed by atoms with E-state index in [0.29, 0.717) is 12.0 Å². The van der Waals surface area contributed by atoms with Gasteiger partial charge in [0.1, 0.15) is 0 Å². The van der Waals surface area contributed by atoms with E-state index in [1.807, 2.05) is 22.9 Å². The number of nitrogens with zero attached hydrogens (tertiary/aromatic N) is 3. The molecule has 2 heterocycles. The molecule has 2 aromatic rings. The predicted octanol–water partition coefficient (Wildman–Crippen LogP) is 3.32. The molecule has 1 saturated heterocycles. The fraction of sp³-hybridized carbons (Fsp3) is 0.500. The molecule has 0 saturated carbocycles. The molecule has 1 N–H and O–H groups in total. The fourth-order valence-electron chi connectivity index (χ4n) is 3.41. The standard InChI is InChI=1S/C20H28N4O2/c1-15(2)19-16(14-24(22-19)18-7-5-4-6-8-18)13-21-17-9-11-23(12-10-17)20(25)26-3/h4-8,14-15,17,21H,9-13H2,1-3H3. The minimum absolute atomic E-state index is 0.227. The molecule has 1 aromatic carbocycles. The fourth-order valence-corrected chi connectivity index (χ4v) is 3.41. The number of hydrogen-bond donors (Lipinski definition) is 1. The Hall–Kier alpha value is -2.34. The van der Waals surface area contributed by atoms with Crippen LogP contribution < -0.4 is 5.32 Å². The van der Waals surface area contributed by atoms with Gasteiger partial charge in [-0.25, -0.2) is 9.48 Å². The van der Waals surface area contributed by atoms with Crippen LogP contribution in [0.1, 0.15) is 43.9 Å². The van der Waals surface area contributed by atoms with Crippen LogP contribution in [-0.2, 0) is 11.3 Å². The first-order valence-electron chi connectivity index (χ1n) is 9.28. The van der Waals surface area contributed by atoms with Gasteiger partial charge in [0.25, 0.3) is 0 Å². The number of methoxy groups -OCH3 is 1. The van der Waals surface area contributed by atoms with Crippen LogP contribution in [0.3, 0.4) is 0 Å². The lowest BCUT2D eigenvalue weighted by molar-refractivity contribution is 0.109. The van der Waals surface area contributed by atoms with Crippen molar-refractivity contribution in [1.82, 2.24) is 20.0 Å². The summed E-state index contributed by atoms with van der Waals surface area (Å²) in [6.07, 6.45) is 3.79. The van der Waals surface area contributed by atoms with Crippen LogP contribution in [0.2, 0.25) is 0 Å². The Labute approximate surface area is 155 Å². The van der Waals surface area contributed by atoms with E-state index in [2.05, 4.69) is 37.5 Å². The van der Waals surface area contributed by atoms with Crippen LogP contribution in [0.25, 0.3) is 5.69 Å². The van der Waals surface area contributed by atoms with Gasteiger partial charge in [-0.3, -0.25) is 0 Å². The summed E-state index contributed by atoms with van der Waals surface area (Å²) >= 11 is 0. The van der Waals surface area contributed by atoms with Crippen molar-refractivity contribution in [2.45, 2.75) is 45.2 Å².